The molecule has 0 unspecified atom stereocenters. The Labute approximate surface area is 124 Å². The molecular weight excluding hydrogens is 256 g/mol. The average molecular weight is 274 g/mol. The van der Waals surface area contributed by atoms with E-state index >= 15 is 0 Å². The van der Waals surface area contributed by atoms with Gasteiger partial charge in [0.1, 0.15) is 0 Å². The molecule has 0 amide bonds. The van der Waals surface area contributed by atoms with Crippen LogP contribution in [0.2, 0.25) is 0 Å². The van der Waals surface area contributed by atoms with Gasteiger partial charge in [-0.05, 0) is 31.2 Å². The topological polar surface area (TPSA) is 30.9 Å². The van der Waals surface area contributed by atoms with Gasteiger partial charge in [0.05, 0.1) is 5.52 Å². The van der Waals surface area contributed by atoms with E-state index in [0.29, 0.717) is 0 Å². The van der Waals surface area contributed by atoms with Gasteiger partial charge >= 0.3 is 0 Å². The highest BCUT2D eigenvalue weighted by molar-refractivity contribution is 5.94. The highest BCUT2D eigenvalue weighted by Crippen LogP contribution is 2.31. The molecule has 0 spiro atoms. The maximum absolute atomic E-state index is 5.98. The first-order valence-corrected chi connectivity index (χ1v) is 6.97. The first kappa shape index (κ1) is 13.3. The SMILES string of the molecule is C=C/C=C\c1c(C)n(-c2ccccc2)c2cc(N)ccc12. The standard InChI is InChI=1S/C19H18N2/c1-3-4-10-17-14(2)21(16-8-6-5-7-9-16)19-13-15(20)11-12-18(17)19/h3-13H,1,20H2,2H3/b10-4-. The number of aromatic nitrogens is 1. The number of nitrogens with zero attached hydrogens (tertiary/aromatic N) is 1. The number of nitrogen functional groups attached to an aromatic ring is 1. The van der Waals surface area contributed by atoms with Crippen molar-refractivity contribution in [2.45, 2.75) is 6.92 Å². The zero-order valence-electron chi connectivity index (χ0n) is 12.1. The Balaban J connectivity index is 2.38. The molecular formula is C19H18N2. The zero-order chi connectivity index (χ0) is 14.8. The zero-order valence-corrected chi connectivity index (χ0v) is 12.1. The molecule has 2 N–H and O–H groups in total. The molecule has 0 aliphatic heterocycles. The van der Waals surface area contributed by atoms with Gasteiger partial charge in [-0.25, -0.2) is 0 Å². The number of hydrogen-bond donors (Lipinski definition) is 1. The third kappa shape index (κ3) is 2.25. The van der Waals surface area contributed by atoms with Crippen molar-refractivity contribution in [1.82, 2.24) is 4.57 Å². The summed E-state index contributed by atoms with van der Waals surface area (Å²) < 4.78 is 2.24. The summed E-state index contributed by atoms with van der Waals surface area (Å²) in [6, 6.07) is 16.4. The van der Waals surface area contributed by atoms with Gasteiger partial charge < -0.3 is 10.3 Å². The molecule has 2 aromatic carbocycles. The molecule has 3 aromatic rings. The minimum Gasteiger partial charge on any atom is -0.399 e. The quantitative estimate of drug-likeness (QED) is 0.543. The predicted molar refractivity (Wildman–Crippen MR) is 91.7 cm³/mol. The van der Waals surface area contributed by atoms with Crippen LogP contribution in [-0.4, -0.2) is 4.57 Å². The van der Waals surface area contributed by atoms with Gasteiger partial charge in [0.15, 0.2) is 0 Å². The van der Waals surface area contributed by atoms with E-state index in [0.717, 1.165) is 16.9 Å². The minimum absolute atomic E-state index is 0.774. The number of para-hydroxylation sites is 1. The van der Waals surface area contributed by atoms with Crippen LogP contribution >= 0.6 is 0 Å². The number of fused-ring (bicyclic) bond motifs is 1. The van der Waals surface area contributed by atoms with Crippen LogP contribution in [0.4, 0.5) is 5.69 Å². The fourth-order valence-corrected chi connectivity index (χ4v) is 2.74. The van der Waals surface area contributed by atoms with E-state index in [1.54, 1.807) is 6.08 Å². The van der Waals surface area contributed by atoms with Crippen LogP contribution in [0.3, 0.4) is 0 Å². The molecule has 0 saturated carbocycles. The summed E-state index contributed by atoms with van der Waals surface area (Å²) in [5.41, 5.74) is 11.4. The summed E-state index contributed by atoms with van der Waals surface area (Å²) in [5.74, 6) is 0. The third-order valence-corrected chi connectivity index (χ3v) is 3.69. The Hall–Kier alpha value is -2.74. The number of nitrogens with two attached hydrogens (primary N) is 1. The number of rotatable bonds is 3. The maximum Gasteiger partial charge on any atom is 0.0558 e. The molecule has 104 valence electrons. The van der Waals surface area contributed by atoms with Crippen molar-refractivity contribution in [2.24, 2.45) is 0 Å². The molecule has 0 fully saturated rings. The van der Waals surface area contributed by atoms with Crippen LogP contribution in [0.15, 0.2) is 67.3 Å². The third-order valence-electron chi connectivity index (χ3n) is 3.69. The van der Waals surface area contributed by atoms with E-state index < -0.39 is 0 Å². The van der Waals surface area contributed by atoms with Gasteiger partial charge in [-0.15, -0.1) is 0 Å². The molecule has 0 bridgehead atoms. The molecule has 2 heteroatoms. The number of hydrogen-bond acceptors (Lipinski definition) is 1. The Morgan fingerprint density at radius 2 is 1.86 bits per heavy atom. The lowest BCUT2D eigenvalue weighted by Gasteiger charge is -2.08. The highest BCUT2D eigenvalue weighted by atomic mass is 15.0. The van der Waals surface area contributed by atoms with Crippen molar-refractivity contribution in [2.75, 3.05) is 5.73 Å². The van der Waals surface area contributed by atoms with Gasteiger partial charge in [0.2, 0.25) is 0 Å². The smallest absolute Gasteiger partial charge is 0.0558 e. The Kier molecular flexibility index (Phi) is 3.36. The second-order valence-electron chi connectivity index (χ2n) is 5.04. The molecule has 1 aromatic heterocycles. The highest BCUT2D eigenvalue weighted by Gasteiger charge is 2.13. The molecule has 0 aliphatic carbocycles. The van der Waals surface area contributed by atoms with Gasteiger partial charge in [-0.2, -0.15) is 0 Å². The van der Waals surface area contributed by atoms with E-state index in [1.165, 1.54) is 16.6 Å². The predicted octanol–water partition coefficient (Wildman–Crippen LogP) is 4.72. The van der Waals surface area contributed by atoms with E-state index in [9.17, 15) is 0 Å². The largest absolute Gasteiger partial charge is 0.399 e. The summed E-state index contributed by atoms with van der Waals surface area (Å²) in [6.45, 7) is 5.88. The first-order valence-electron chi connectivity index (χ1n) is 6.97. The molecule has 0 saturated heterocycles. The summed E-state index contributed by atoms with van der Waals surface area (Å²) in [6.07, 6.45) is 5.86. The van der Waals surface area contributed by atoms with Crippen LogP contribution in [-0.2, 0) is 0 Å². The molecule has 0 aliphatic rings. The van der Waals surface area contributed by atoms with Crippen molar-refractivity contribution in [3.63, 3.8) is 0 Å². The van der Waals surface area contributed by atoms with Crippen molar-refractivity contribution < 1.29 is 0 Å². The van der Waals surface area contributed by atoms with Crippen molar-refractivity contribution >= 4 is 22.7 Å². The van der Waals surface area contributed by atoms with E-state index in [4.69, 9.17) is 5.73 Å². The Morgan fingerprint density at radius 3 is 2.57 bits per heavy atom. The second-order valence-corrected chi connectivity index (χ2v) is 5.04. The van der Waals surface area contributed by atoms with Crippen molar-refractivity contribution in [3.05, 3.63) is 78.5 Å². The lowest BCUT2D eigenvalue weighted by atomic mass is 10.1. The van der Waals surface area contributed by atoms with Gasteiger partial charge in [-0.1, -0.05) is 49.1 Å². The number of benzene rings is 2. The molecule has 1 heterocycles. The lowest BCUT2D eigenvalue weighted by molar-refractivity contribution is 1.05. The van der Waals surface area contributed by atoms with E-state index in [2.05, 4.69) is 42.3 Å². The Bertz CT molecular complexity index is 824. The number of anilines is 1. The van der Waals surface area contributed by atoms with Crippen LogP contribution in [0.1, 0.15) is 11.3 Å². The summed E-state index contributed by atoms with van der Waals surface area (Å²) in [4.78, 5) is 0. The van der Waals surface area contributed by atoms with Crippen LogP contribution in [0.25, 0.3) is 22.7 Å². The van der Waals surface area contributed by atoms with Crippen LogP contribution in [0.5, 0.6) is 0 Å². The van der Waals surface area contributed by atoms with Crippen molar-refractivity contribution in [1.29, 1.82) is 0 Å². The van der Waals surface area contributed by atoms with Gasteiger partial charge in [0, 0.05) is 28.0 Å². The normalized spacial score (nSPS) is 11.3. The van der Waals surface area contributed by atoms with Gasteiger partial charge in [0.25, 0.3) is 0 Å². The lowest BCUT2D eigenvalue weighted by Crippen LogP contribution is -1.96. The van der Waals surface area contributed by atoms with Crippen LogP contribution in [0, 0.1) is 6.92 Å². The average Bonchev–Trinajstić information content (AvgIpc) is 2.77. The minimum atomic E-state index is 0.774. The maximum atomic E-state index is 5.98. The monoisotopic (exact) mass is 274 g/mol. The van der Waals surface area contributed by atoms with Gasteiger partial charge in [-0.3, -0.25) is 0 Å². The second kappa shape index (κ2) is 5.33. The van der Waals surface area contributed by atoms with E-state index in [-0.39, 0.29) is 0 Å². The number of allylic oxidation sites excluding steroid dienone is 2. The molecule has 2 nitrogen and oxygen atoms in total. The fraction of sp³-hybridized carbons (Fsp3) is 0.0526. The summed E-state index contributed by atoms with van der Waals surface area (Å²) in [5, 5.41) is 1.20. The molecule has 21 heavy (non-hydrogen) atoms. The molecule has 3 rings (SSSR count). The first-order chi connectivity index (χ1) is 10.2. The van der Waals surface area contributed by atoms with E-state index in [1.807, 2.05) is 36.4 Å². The van der Waals surface area contributed by atoms with Crippen molar-refractivity contribution in [3.8, 4) is 5.69 Å². The fourth-order valence-electron chi connectivity index (χ4n) is 2.74. The molecule has 0 atom stereocenters. The summed E-state index contributed by atoms with van der Waals surface area (Å²) >= 11 is 0. The molecule has 0 radical (unpaired) electrons. The Morgan fingerprint density at radius 1 is 1.10 bits per heavy atom. The summed E-state index contributed by atoms with van der Waals surface area (Å²) in [7, 11) is 0. The van der Waals surface area contributed by atoms with Crippen LogP contribution < -0.4 is 5.73 Å².